The monoisotopic (exact) mass is 660 g/mol. The number of fused-ring (bicyclic) bond motifs is 3. The summed E-state index contributed by atoms with van der Waals surface area (Å²) in [6, 6.07) is 11.5. The summed E-state index contributed by atoms with van der Waals surface area (Å²) in [5.74, 6) is -0.824. The minimum absolute atomic E-state index is 0.00693. The predicted octanol–water partition coefficient (Wildman–Crippen LogP) is 5.78. The summed E-state index contributed by atoms with van der Waals surface area (Å²) in [5, 5.41) is 18.7. The van der Waals surface area contributed by atoms with Gasteiger partial charge in [0.2, 0.25) is 5.91 Å². The van der Waals surface area contributed by atoms with Gasteiger partial charge in [-0.15, -0.1) is 11.3 Å². The smallest absolute Gasteiger partial charge is 0.251 e. The third-order valence-electron chi connectivity index (χ3n) is 9.13. The number of rotatable bonds is 8. The summed E-state index contributed by atoms with van der Waals surface area (Å²) in [7, 11) is 1.50. The molecular weight excluding hydrogens is 631 g/mol. The van der Waals surface area contributed by atoms with Crippen molar-refractivity contribution in [3.05, 3.63) is 81.2 Å². The molecule has 5 aromatic rings. The lowest BCUT2D eigenvalue weighted by Crippen LogP contribution is -2.44. The number of pyridine rings is 2. The lowest BCUT2D eigenvalue weighted by atomic mass is 9.81. The van der Waals surface area contributed by atoms with Gasteiger partial charge in [-0.05, 0) is 62.9 Å². The van der Waals surface area contributed by atoms with E-state index in [-0.39, 0.29) is 30.6 Å². The number of aryl methyl sites for hydroxylation is 1. The Labute approximate surface area is 272 Å². The van der Waals surface area contributed by atoms with Crippen LogP contribution in [0.15, 0.2) is 47.8 Å². The summed E-state index contributed by atoms with van der Waals surface area (Å²) < 4.78 is 26.7. The van der Waals surface area contributed by atoms with E-state index < -0.39 is 22.8 Å². The maximum absolute atomic E-state index is 14.7. The molecule has 0 radical (unpaired) electrons. The average Bonchev–Trinajstić information content (AvgIpc) is 3.72. The summed E-state index contributed by atoms with van der Waals surface area (Å²) in [6.07, 6.45) is 1.42. The van der Waals surface area contributed by atoms with Crippen molar-refractivity contribution in [3.8, 4) is 22.8 Å². The molecule has 0 saturated heterocycles. The Hall–Kier alpha value is -4.32. The Balaban J connectivity index is 1.30. The fourth-order valence-corrected chi connectivity index (χ4v) is 7.25. The zero-order chi connectivity index (χ0) is 32.5. The Bertz CT molecular complexity index is 2100. The molecule has 1 aliphatic carbocycles. The number of ether oxygens (including phenoxy) is 2. The SMILES string of the molecule is COc1cc(C(=O)NCC(O)(c2cc3c(c(-c4csc5c(F)cccc45)n2)OC[C@]3(C)C(N)=O)C2CC2)cc2cc(Cl)c(C)nc12. The van der Waals surface area contributed by atoms with Gasteiger partial charge < -0.3 is 25.6 Å². The number of nitrogens with one attached hydrogen (secondary N) is 1. The Morgan fingerprint density at radius 3 is 2.76 bits per heavy atom. The van der Waals surface area contributed by atoms with Crippen LogP contribution in [-0.4, -0.2) is 47.2 Å². The molecule has 12 heteroatoms. The third-order valence-corrected chi connectivity index (χ3v) is 10.5. The second-order valence-corrected chi connectivity index (χ2v) is 13.5. The maximum Gasteiger partial charge on any atom is 0.251 e. The van der Waals surface area contributed by atoms with E-state index in [1.165, 1.54) is 24.5 Å². The molecule has 46 heavy (non-hydrogen) atoms. The fraction of sp³-hybridized carbons (Fsp3) is 0.294. The number of nitrogens with two attached hydrogens (primary N) is 1. The Kier molecular flexibility index (Phi) is 7.18. The first-order valence-electron chi connectivity index (χ1n) is 14.7. The number of benzene rings is 2. The minimum atomic E-state index is -1.60. The normalized spacial score (nSPS) is 18.7. The van der Waals surface area contributed by atoms with Crippen molar-refractivity contribution in [3.63, 3.8) is 0 Å². The number of thiophene rings is 1. The molecule has 236 valence electrons. The molecule has 7 rings (SSSR count). The zero-order valence-electron chi connectivity index (χ0n) is 25.2. The van der Waals surface area contributed by atoms with E-state index in [0.29, 0.717) is 78.4 Å². The van der Waals surface area contributed by atoms with E-state index in [1.807, 2.05) is 0 Å². The van der Waals surface area contributed by atoms with Crippen LogP contribution >= 0.6 is 22.9 Å². The number of aromatic nitrogens is 2. The molecule has 3 aromatic heterocycles. The van der Waals surface area contributed by atoms with Crippen LogP contribution in [0.1, 0.15) is 47.1 Å². The maximum atomic E-state index is 14.7. The largest absolute Gasteiger partial charge is 0.494 e. The van der Waals surface area contributed by atoms with Crippen LogP contribution in [0.3, 0.4) is 0 Å². The van der Waals surface area contributed by atoms with Crippen LogP contribution in [0.5, 0.6) is 11.5 Å². The second kappa shape index (κ2) is 10.9. The first-order chi connectivity index (χ1) is 21.9. The highest BCUT2D eigenvalue weighted by atomic mass is 35.5. The summed E-state index contributed by atoms with van der Waals surface area (Å²) in [4.78, 5) is 35.7. The number of aliphatic hydroxyl groups is 1. The number of carbonyl (C=O) groups is 2. The van der Waals surface area contributed by atoms with E-state index >= 15 is 0 Å². The molecule has 1 aliphatic heterocycles. The number of primary amides is 1. The van der Waals surface area contributed by atoms with E-state index in [4.69, 9.17) is 31.8 Å². The summed E-state index contributed by atoms with van der Waals surface area (Å²) in [6.45, 7) is 3.30. The highest BCUT2D eigenvalue weighted by Crippen LogP contribution is 2.51. The molecule has 1 saturated carbocycles. The predicted molar refractivity (Wildman–Crippen MR) is 174 cm³/mol. The quantitative estimate of drug-likeness (QED) is 0.192. The average molecular weight is 661 g/mol. The minimum Gasteiger partial charge on any atom is -0.494 e. The number of halogens is 2. The second-order valence-electron chi connectivity index (χ2n) is 12.2. The van der Waals surface area contributed by atoms with Gasteiger partial charge in [0.05, 0.1) is 34.8 Å². The van der Waals surface area contributed by atoms with Gasteiger partial charge in [0, 0.05) is 32.8 Å². The zero-order valence-corrected chi connectivity index (χ0v) is 26.8. The standard InChI is InChI=1S/C34H30ClFN4O5S/c1-16-23(35)10-17-9-18(11-25(44-3)27(17)39-16)31(41)38-14-34(43,19-7-8-19)26-12-22-29(45-15-33(22,2)32(37)42)28(40-26)21-13-46-30-20(21)5-4-6-24(30)36/h4-6,9-13,19,43H,7-8,14-15H2,1-3H3,(H2,37,42)(H,38,41)/t33-,34?/m0/s1. The van der Waals surface area contributed by atoms with Gasteiger partial charge in [-0.3, -0.25) is 9.59 Å². The molecule has 9 nitrogen and oxygen atoms in total. The number of carbonyl (C=O) groups excluding carboxylic acids is 2. The molecule has 2 amide bonds. The first-order valence-corrected chi connectivity index (χ1v) is 16.0. The van der Waals surface area contributed by atoms with Crippen LogP contribution in [0.4, 0.5) is 4.39 Å². The molecule has 4 heterocycles. The summed E-state index contributed by atoms with van der Waals surface area (Å²) in [5.41, 5.74) is 6.33. The molecule has 2 atom stereocenters. The van der Waals surface area contributed by atoms with Crippen LogP contribution in [0.25, 0.3) is 32.2 Å². The van der Waals surface area contributed by atoms with Crippen LogP contribution in [0.2, 0.25) is 5.02 Å². The van der Waals surface area contributed by atoms with Crippen LogP contribution < -0.4 is 20.5 Å². The highest BCUT2D eigenvalue weighted by molar-refractivity contribution is 7.17. The van der Waals surface area contributed by atoms with Crippen molar-refractivity contribution >= 4 is 55.7 Å². The molecule has 1 unspecified atom stereocenters. The van der Waals surface area contributed by atoms with Crippen molar-refractivity contribution < 1.29 is 28.6 Å². The number of amides is 2. The van der Waals surface area contributed by atoms with E-state index in [2.05, 4.69) is 10.3 Å². The molecule has 4 N–H and O–H groups in total. The fourth-order valence-electron chi connectivity index (χ4n) is 6.13. The Morgan fingerprint density at radius 2 is 2.04 bits per heavy atom. The van der Waals surface area contributed by atoms with Gasteiger partial charge in [0.1, 0.15) is 46.1 Å². The number of nitrogens with zero attached hydrogens (tertiary/aromatic N) is 2. The lowest BCUT2D eigenvalue weighted by molar-refractivity contribution is -0.123. The lowest BCUT2D eigenvalue weighted by Gasteiger charge is -2.30. The summed E-state index contributed by atoms with van der Waals surface area (Å²) >= 11 is 7.55. The topological polar surface area (TPSA) is 137 Å². The number of hydrogen-bond acceptors (Lipinski definition) is 8. The van der Waals surface area contributed by atoms with E-state index in [0.717, 1.165) is 0 Å². The molecule has 0 bridgehead atoms. The van der Waals surface area contributed by atoms with Gasteiger partial charge in [-0.2, -0.15) is 0 Å². The van der Waals surface area contributed by atoms with Gasteiger partial charge in [0.15, 0.2) is 0 Å². The number of methoxy groups -OCH3 is 1. The first kappa shape index (κ1) is 30.3. The van der Waals surface area contributed by atoms with Gasteiger partial charge in [0.25, 0.3) is 5.91 Å². The molecule has 1 fully saturated rings. The molecule has 0 spiro atoms. The third kappa shape index (κ3) is 4.76. The van der Waals surface area contributed by atoms with Crippen molar-refractivity contribution in [1.29, 1.82) is 0 Å². The van der Waals surface area contributed by atoms with Gasteiger partial charge in [-0.1, -0.05) is 23.7 Å². The Morgan fingerprint density at radius 1 is 1.26 bits per heavy atom. The van der Waals surface area contributed by atoms with Crippen molar-refractivity contribution in [2.75, 3.05) is 20.3 Å². The van der Waals surface area contributed by atoms with Crippen LogP contribution in [-0.2, 0) is 15.8 Å². The van der Waals surface area contributed by atoms with Crippen molar-refractivity contribution in [1.82, 2.24) is 15.3 Å². The molecular formula is C34H30ClFN4O5S. The van der Waals surface area contributed by atoms with E-state index in [9.17, 15) is 19.1 Å². The van der Waals surface area contributed by atoms with Crippen molar-refractivity contribution in [2.24, 2.45) is 11.7 Å². The van der Waals surface area contributed by atoms with E-state index in [1.54, 1.807) is 55.6 Å². The number of hydrogen-bond donors (Lipinski definition) is 3. The molecule has 2 aromatic carbocycles. The van der Waals surface area contributed by atoms with Crippen LogP contribution in [0, 0.1) is 18.7 Å². The van der Waals surface area contributed by atoms with Crippen molar-refractivity contribution in [2.45, 2.75) is 37.7 Å². The van der Waals surface area contributed by atoms with Gasteiger partial charge in [-0.25, -0.2) is 14.4 Å². The highest BCUT2D eigenvalue weighted by Gasteiger charge is 2.50. The molecule has 2 aliphatic rings. The van der Waals surface area contributed by atoms with Gasteiger partial charge >= 0.3 is 0 Å².